The van der Waals surface area contributed by atoms with Gasteiger partial charge in [0.05, 0.1) is 12.2 Å². The lowest BCUT2D eigenvalue weighted by Gasteiger charge is -2.29. The molecule has 2 saturated heterocycles. The van der Waals surface area contributed by atoms with Crippen molar-refractivity contribution in [3.8, 4) is 0 Å². The summed E-state index contributed by atoms with van der Waals surface area (Å²) in [5.41, 5.74) is 1.27. The van der Waals surface area contributed by atoms with Crippen molar-refractivity contribution in [1.82, 2.24) is 19.8 Å². The number of fused-ring (bicyclic) bond motifs is 1. The Morgan fingerprint density at radius 1 is 1.27 bits per heavy atom. The molecule has 2 fully saturated rings. The van der Waals surface area contributed by atoms with Gasteiger partial charge in [0.1, 0.15) is 17.3 Å². The van der Waals surface area contributed by atoms with Gasteiger partial charge < -0.3 is 14.8 Å². The van der Waals surface area contributed by atoms with E-state index >= 15 is 0 Å². The highest BCUT2D eigenvalue weighted by Crippen LogP contribution is 2.45. The number of carbonyl (C=O) groups is 2. The number of hydrogen-bond donors (Lipinski definition) is 1. The van der Waals surface area contributed by atoms with E-state index in [4.69, 9.17) is 0 Å². The molecule has 2 aliphatic heterocycles. The van der Waals surface area contributed by atoms with Crippen LogP contribution in [-0.2, 0) is 4.79 Å². The van der Waals surface area contributed by atoms with Crippen LogP contribution in [0.3, 0.4) is 0 Å². The highest BCUT2D eigenvalue weighted by atomic mass is 19.1. The number of nitrogens with one attached hydrogen (secondary N) is 1. The lowest BCUT2D eigenvalue weighted by molar-refractivity contribution is -0.130. The van der Waals surface area contributed by atoms with E-state index in [0.717, 1.165) is 5.56 Å². The molecule has 1 N–H and O–H groups in total. The molecule has 2 amide bonds. The van der Waals surface area contributed by atoms with E-state index in [1.807, 2.05) is 15.9 Å². The zero-order chi connectivity index (χ0) is 18.4. The van der Waals surface area contributed by atoms with Crippen LogP contribution in [0.2, 0.25) is 0 Å². The molecular formula is C19H21FN4O2. The molecule has 0 aliphatic carbocycles. The predicted molar refractivity (Wildman–Crippen MR) is 92.7 cm³/mol. The van der Waals surface area contributed by atoms with Gasteiger partial charge in [0.2, 0.25) is 5.91 Å². The second-order valence-corrected chi connectivity index (χ2v) is 7.19. The van der Waals surface area contributed by atoms with Crippen LogP contribution < -0.4 is 0 Å². The number of amides is 2. The van der Waals surface area contributed by atoms with E-state index in [1.165, 1.54) is 12.1 Å². The van der Waals surface area contributed by atoms with E-state index in [9.17, 15) is 14.0 Å². The number of rotatable bonds is 2. The van der Waals surface area contributed by atoms with Crippen LogP contribution in [0.25, 0.3) is 0 Å². The molecule has 2 aromatic rings. The number of hydrogen-bond acceptors (Lipinski definition) is 3. The summed E-state index contributed by atoms with van der Waals surface area (Å²) in [7, 11) is 0. The van der Waals surface area contributed by atoms with Crippen molar-refractivity contribution < 1.29 is 14.0 Å². The quantitative estimate of drug-likeness (QED) is 0.896. The van der Waals surface area contributed by atoms with Crippen LogP contribution in [0.4, 0.5) is 4.39 Å². The molecule has 1 aromatic carbocycles. The average molecular weight is 356 g/mol. The summed E-state index contributed by atoms with van der Waals surface area (Å²) in [4.78, 5) is 35.5. The van der Waals surface area contributed by atoms with Gasteiger partial charge in [-0.2, -0.15) is 0 Å². The lowest BCUT2D eigenvalue weighted by atomic mass is 9.89. The Morgan fingerprint density at radius 3 is 2.73 bits per heavy atom. The number of halogens is 1. The summed E-state index contributed by atoms with van der Waals surface area (Å²) in [6.45, 7) is 5.08. The molecule has 2 aliphatic rings. The monoisotopic (exact) mass is 356 g/mol. The zero-order valence-electron chi connectivity index (χ0n) is 14.8. The molecule has 0 saturated carbocycles. The number of aryl methyl sites for hydroxylation is 1. The highest BCUT2D eigenvalue weighted by molar-refractivity contribution is 5.92. The first-order chi connectivity index (χ1) is 12.4. The van der Waals surface area contributed by atoms with E-state index in [-0.39, 0.29) is 35.5 Å². The van der Waals surface area contributed by atoms with Gasteiger partial charge in [0.25, 0.3) is 5.91 Å². The maximum atomic E-state index is 13.7. The molecule has 0 spiro atoms. The molecule has 26 heavy (non-hydrogen) atoms. The number of aromatic nitrogens is 2. The van der Waals surface area contributed by atoms with Crippen molar-refractivity contribution in [2.24, 2.45) is 11.8 Å². The number of H-pyrrole nitrogens is 1. The first-order valence-corrected chi connectivity index (χ1v) is 8.77. The van der Waals surface area contributed by atoms with Crippen molar-refractivity contribution in [2.75, 3.05) is 19.6 Å². The third-order valence-electron chi connectivity index (χ3n) is 5.48. The number of likely N-dealkylation sites (tertiary alicyclic amines) is 2. The number of nitrogens with zero attached hydrogens (tertiary/aromatic N) is 3. The average Bonchev–Trinajstić information content (AvgIpc) is 3.27. The smallest absolute Gasteiger partial charge is 0.271 e. The second-order valence-electron chi connectivity index (χ2n) is 7.19. The molecule has 136 valence electrons. The zero-order valence-corrected chi connectivity index (χ0v) is 14.8. The van der Waals surface area contributed by atoms with E-state index in [2.05, 4.69) is 9.97 Å². The van der Waals surface area contributed by atoms with Gasteiger partial charge in [0, 0.05) is 38.4 Å². The van der Waals surface area contributed by atoms with E-state index in [1.54, 1.807) is 26.1 Å². The van der Waals surface area contributed by atoms with Gasteiger partial charge >= 0.3 is 0 Å². The Kier molecular flexibility index (Phi) is 4.01. The minimum Gasteiger partial charge on any atom is -0.338 e. The van der Waals surface area contributed by atoms with Gasteiger partial charge in [-0.1, -0.05) is 12.1 Å². The van der Waals surface area contributed by atoms with Gasteiger partial charge in [-0.3, -0.25) is 9.59 Å². The third-order valence-corrected chi connectivity index (χ3v) is 5.48. The first kappa shape index (κ1) is 16.8. The van der Waals surface area contributed by atoms with Crippen LogP contribution in [0.5, 0.6) is 0 Å². The van der Waals surface area contributed by atoms with Crippen LogP contribution in [0.15, 0.2) is 30.5 Å². The number of imidazole rings is 1. The fourth-order valence-corrected chi connectivity index (χ4v) is 4.35. The molecular weight excluding hydrogens is 335 g/mol. The fourth-order valence-electron chi connectivity index (χ4n) is 4.35. The van der Waals surface area contributed by atoms with Gasteiger partial charge in [-0.05, 0) is 24.6 Å². The lowest BCUT2D eigenvalue weighted by Crippen LogP contribution is -2.36. The minimum atomic E-state index is -0.312. The van der Waals surface area contributed by atoms with Crippen LogP contribution in [0.1, 0.15) is 34.8 Å². The predicted octanol–water partition coefficient (Wildman–Crippen LogP) is 2.15. The maximum Gasteiger partial charge on any atom is 0.271 e. The maximum absolute atomic E-state index is 13.7. The second kappa shape index (κ2) is 6.23. The first-order valence-electron chi connectivity index (χ1n) is 8.77. The molecule has 0 bridgehead atoms. The standard InChI is InChI=1S/C19H21FN4O2/c1-11-21-7-17(22-11)19(26)23-8-14-9-24(12(2)25)18(16(14)10-23)13-4-3-5-15(20)6-13/h3-7,14,16,18H,8-10H2,1-2H3,(H,21,22)/t14-,16-,18+/m1/s1. The molecule has 6 nitrogen and oxygen atoms in total. The summed E-state index contributed by atoms with van der Waals surface area (Å²) in [6.07, 6.45) is 1.55. The summed E-state index contributed by atoms with van der Waals surface area (Å²) in [5, 5.41) is 0. The number of carbonyl (C=O) groups excluding carboxylic acids is 2. The Bertz CT molecular complexity index is 865. The van der Waals surface area contributed by atoms with Gasteiger partial charge in [-0.15, -0.1) is 0 Å². The molecule has 3 atom stereocenters. The fraction of sp³-hybridized carbons (Fsp3) is 0.421. The summed E-state index contributed by atoms with van der Waals surface area (Å²) in [6, 6.07) is 6.22. The van der Waals surface area contributed by atoms with Crippen LogP contribution >= 0.6 is 0 Å². The van der Waals surface area contributed by atoms with Crippen molar-refractivity contribution in [3.63, 3.8) is 0 Å². The molecule has 7 heteroatoms. The minimum absolute atomic E-state index is 0.0178. The summed E-state index contributed by atoms with van der Waals surface area (Å²) >= 11 is 0. The molecule has 3 heterocycles. The topological polar surface area (TPSA) is 69.3 Å². The van der Waals surface area contributed by atoms with Crippen molar-refractivity contribution >= 4 is 11.8 Å². The Morgan fingerprint density at radius 2 is 2.08 bits per heavy atom. The van der Waals surface area contributed by atoms with Crippen molar-refractivity contribution in [2.45, 2.75) is 19.9 Å². The van der Waals surface area contributed by atoms with E-state index < -0.39 is 0 Å². The van der Waals surface area contributed by atoms with E-state index in [0.29, 0.717) is 31.2 Å². The van der Waals surface area contributed by atoms with Gasteiger partial charge in [0.15, 0.2) is 0 Å². The summed E-state index contributed by atoms with van der Waals surface area (Å²) in [5.74, 6) is 0.596. The van der Waals surface area contributed by atoms with Gasteiger partial charge in [-0.25, -0.2) is 9.37 Å². The normalized spacial score (nSPS) is 24.8. The molecule has 4 rings (SSSR count). The van der Waals surface area contributed by atoms with Crippen molar-refractivity contribution in [3.05, 3.63) is 53.4 Å². The van der Waals surface area contributed by atoms with Crippen LogP contribution in [-0.4, -0.2) is 51.2 Å². The Labute approximate surface area is 151 Å². The molecule has 0 radical (unpaired) electrons. The summed E-state index contributed by atoms with van der Waals surface area (Å²) < 4.78 is 13.7. The largest absolute Gasteiger partial charge is 0.338 e. The molecule has 1 aromatic heterocycles. The SMILES string of the molecule is CC(=O)N1C[C@H]2CN(C(=O)c3cnc(C)[nH]3)C[C@H]2[C@@H]1c1cccc(F)c1. The highest BCUT2D eigenvalue weighted by Gasteiger charge is 2.49. The van der Waals surface area contributed by atoms with Crippen molar-refractivity contribution in [1.29, 1.82) is 0 Å². The number of benzene rings is 1. The third kappa shape index (κ3) is 2.77. The van der Waals surface area contributed by atoms with Crippen LogP contribution in [0, 0.1) is 24.6 Å². The molecule has 0 unspecified atom stereocenters. The number of aromatic amines is 1. The Hall–Kier alpha value is -2.70. The Balaban J connectivity index is 1.60.